The number of aryl methyl sites for hydroxylation is 1. The monoisotopic (exact) mass is 298 g/mol. The Kier molecular flexibility index (Phi) is 6.22. The van der Waals surface area contributed by atoms with Crippen molar-refractivity contribution in [3.8, 4) is 0 Å². The van der Waals surface area contributed by atoms with Crippen LogP contribution in [-0.2, 0) is 4.79 Å². The van der Waals surface area contributed by atoms with Crippen LogP contribution in [0, 0.1) is 6.92 Å². The number of carbonyl (C=O) groups excluding carboxylic acids is 1. The Labute approximate surface area is 111 Å². The first-order chi connectivity index (χ1) is 8.11. The third-order valence-electron chi connectivity index (χ3n) is 2.43. The number of amides is 1. The van der Waals surface area contributed by atoms with Gasteiger partial charge in [0.25, 0.3) is 0 Å². The molecule has 0 spiro atoms. The summed E-state index contributed by atoms with van der Waals surface area (Å²) in [6.07, 6.45) is 3.46. The Balaban J connectivity index is 2.39. The standard InChI is InChI=1S/C13H19BrN2O/c1-10-7-11(14)9-12(8-10)16-13(17)5-3-2-4-6-15/h7-9H,2-6,15H2,1H3,(H,16,17). The first kappa shape index (κ1) is 14.2. The molecule has 94 valence electrons. The van der Waals surface area contributed by atoms with Crippen molar-refractivity contribution < 1.29 is 4.79 Å². The number of rotatable bonds is 6. The van der Waals surface area contributed by atoms with Gasteiger partial charge in [0, 0.05) is 16.6 Å². The molecule has 0 saturated carbocycles. The average Bonchev–Trinajstić information content (AvgIpc) is 2.23. The molecule has 0 saturated heterocycles. The Morgan fingerprint density at radius 3 is 2.71 bits per heavy atom. The average molecular weight is 299 g/mol. The molecule has 0 heterocycles. The summed E-state index contributed by atoms with van der Waals surface area (Å²) in [6, 6.07) is 5.88. The summed E-state index contributed by atoms with van der Waals surface area (Å²) in [5.41, 5.74) is 7.37. The minimum atomic E-state index is 0.0690. The molecule has 0 unspecified atom stereocenters. The highest BCUT2D eigenvalue weighted by Gasteiger charge is 2.03. The van der Waals surface area contributed by atoms with Crippen LogP contribution in [0.3, 0.4) is 0 Å². The summed E-state index contributed by atoms with van der Waals surface area (Å²) in [5.74, 6) is 0.0690. The zero-order valence-corrected chi connectivity index (χ0v) is 11.7. The number of benzene rings is 1. The number of nitrogens with one attached hydrogen (secondary N) is 1. The number of anilines is 1. The van der Waals surface area contributed by atoms with E-state index < -0.39 is 0 Å². The summed E-state index contributed by atoms with van der Waals surface area (Å²) in [4.78, 5) is 11.6. The maximum Gasteiger partial charge on any atom is 0.224 e. The SMILES string of the molecule is Cc1cc(Br)cc(NC(=O)CCCCCN)c1. The van der Waals surface area contributed by atoms with Gasteiger partial charge in [-0.1, -0.05) is 22.4 Å². The topological polar surface area (TPSA) is 55.1 Å². The summed E-state index contributed by atoms with van der Waals surface area (Å²) in [5, 5.41) is 2.90. The van der Waals surface area contributed by atoms with Crippen LogP contribution in [0.4, 0.5) is 5.69 Å². The molecular weight excluding hydrogens is 280 g/mol. The molecule has 17 heavy (non-hydrogen) atoms. The van der Waals surface area contributed by atoms with E-state index in [4.69, 9.17) is 5.73 Å². The normalized spacial score (nSPS) is 10.3. The van der Waals surface area contributed by atoms with E-state index >= 15 is 0 Å². The van der Waals surface area contributed by atoms with E-state index in [1.54, 1.807) is 0 Å². The Bertz CT molecular complexity index is 359. The Morgan fingerprint density at radius 1 is 1.29 bits per heavy atom. The molecule has 1 aromatic carbocycles. The molecule has 0 atom stereocenters. The van der Waals surface area contributed by atoms with Gasteiger partial charge in [0.05, 0.1) is 0 Å². The zero-order valence-electron chi connectivity index (χ0n) is 10.1. The van der Waals surface area contributed by atoms with Crippen LogP contribution >= 0.6 is 15.9 Å². The lowest BCUT2D eigenvalue weighted by atomic mass is 10.2. The van der Waals surface area contributed by atoms with Gasteiger partial charge >= 0.3 is 0 Å². The van der Waals surface area contributed by atoms with E-state index in [0.717, 1.165) is 35.0 Å². The second-order valence-electron chi connectivity index (χ2n) is 4.16. The van der Waals surface area contributed by atoms with Crippen LogP contribution in [0.2, 0.25) is 0 Å². The highest BCUT2D eigenvalue weighted by Crippen LogP contribution is 2.19. The van der Waals surface area contributed by atoms with Crippen LogP contribution in [-0.4, -0.2) is 12.5 Å². The quantitative estimate of drug-likeness (QED) is 0.792. The number of unbranched alkanes of at least 4 members (excludes halogenated alkanes) is 2. The number of carbonyl (C=O) groups is 1. The van der Waals surface area contributed by atoms with Crippen LogP contribution in [0.5, 0.6) is 0 Å². The van der Waals surface area contributed by atoms with Gasteiger partial charge < -0.3 is 11.1 Å². The fraction of sp³-hybridized carbons (Fsp3) is 0.462. The fourth-order valence-electron chi connectivity index (χ4n) is 1.64. The molecule has 1 aromatic rings. The second-order valence-corrected chi connectivity index (χ2v) is 5.08. The first-order valence-corrected chi connectivity index (χ1v) is 6.68. The van der Waals surface area contributed by atoms with Crippen molar-refractivity contribution in [2.75, 3.05) is 11.9 Å². The van der Waals surface area contributed by atoms with Crippen LogP contribution in [0.1, 0.15) is 31.2 Å². The van der Waals surface area contributed by atoms with Gasteiger partial charge in [-0.2, -0.15) is 0 Å². The lowest BCUT2D eigenvalue weighted by molar-refractivity contribution is -0.116. The zero-order chi connectivity index (χ0) is 12.7. The van der Waals surface area contributed by atoms with Crippen molar-refractivity contribution in [1.82, 2.24) is 0 Å². The lowest BCUT2D eigenvalue weighted by Gasteiger charge is -2.06. The molecule has 0 bridgehead atoms. The number of nitrogens with two attached hydrogens (primary N) is 1. The summed E-state index contributed by atoms with van der Waals surface area (Å²) in [7, 11) is 0. The van der Waals surface area contributed by atoms with Crippen LogP contribution < -0.4 is 11.1 Å². The minimum Gasteiger partial charge on any atom is -0.330 e. The van der Waals surface area contributed by atoms with E-state index in [0.29, 0.717) is 13.0 Å². The molecule has 1 rings (SSSR count). The van der Waals surface area contributed by atoms with E-state index in [2.05, 4.69) is 21.2 Å². The second kappa shape index (κ2) is 7.45. The molecular formula is C13H19BrN2O. The molecule has 0 aliphatic carbocycles. The van der Waals surface area contributed by atoms with Gasteiger partial charge in [-0.15, -0.1) is 0 Å². The van der Waals surface area contributed by atoms with Gasteiger partial charge in [0.2, 0.25) is 5.91 Å². The lowest BCUT2D eigenvalue weighted by Crippen LogP contribution is -2.11. The fourth-order valence-corrected chi connectivity index (χ4v) is 2.25. The molecule has 0 aliphatic rings. The Hall–Kier alpha value is -0.870. The van der Waals surface area contributed by atoms with Gasteiger partial charge in [-0.25, -0.2) is 0 Å². The van der Waals surface area contributed by atoms with Crippen LogP contribution in [0.25, 0.3) is 0 Å². The number of hydrogen-bond acceptors (Lipinski definition) is 2. The number of hydrogen-bond donors (Lipinski definition) is 2. The maximum atomic E-state index is 11.6. The van der Waals surface area contributed by atoms with E-state index in [-0.39, 0.29) is 5.91 Å². The highest BCUT2D eigenvalue weighted by atomic mass is 79.9. The summed E-state index contributed by atoms with van der Waals surface area (Å²) in [6.45, 7) is 2.70. The Morgan fingerprint density at radius 2 is 2.06 bits per heavy atom. The minimum absolute atomic E-state index is 0.0690. The largest absolute Gasteiger partial charge is 0.330 e. The smallest absolute Gasteiger partial charge is 0.224 e. The summed E-state index contributed by atoms with van der Waals surface area (Å²) >= 11 is 3.41. The predicted octanol–water partition coefficient (Wildman–Crippen LogP) is 3.22. The molecule has 0 fully saturated rings. The third kappa shape index (κ3) is 5.84. The first-order valence-electron chi connectivity index (χ1n) is 5.89. The van der Waals surface area contributed by atoms with Crippen molar-refractivity contribution in [3.63, 3.8) is 0 Å². The summed E-state index contributed by atoms with van der Waals surface area (Å²) < 4.78 is 0.982. The molecule has 4 heteroatoms. The van der Waals surface area contributed by atoms with Crippen molar-refractivity contribution in [3.05, 3.63) is 28.2 Å². The van der Waals surface area contributed by atoms with Gasteiger partial charge in [-0.05, 0) is 50.1 Å². The maximum absolute atomic E-state index is 11.6. The van der Waals surface area contributed by atoms with Gasteiger partial charge in [0.15, 0.2) is 0 Å². The molecule has 0 aromatic heterocycles. The molecule has 0 aliphatic heterocycles. The van der Waals surface area contributed by atoms with Crippen molar-refractivity contribution in [2.45, 2.75) is 32.6 Å². The van der Waals surface area contributed by atoms with Crippen LogP contribution in [0.15, 0.2) is 22.7 Å². The predicted molar refractivity (Wildman–Crippen MR) is 75.0 cm³/mol. The highest BCUT2D eigenvalue weighted by molar-refractivity contribution is 9.10. The van der Waals surface area contributed by atoms with Crippen molar-refractivity contribution >= 4 is 27.5 Å². The van der Waals surface area contributed by atoms with E-state index in [1.165, 1.54) is 0 Å². The molecule has 0 radical (unpaired) electrons. The van der Waals surface area contributed by atoms with E-state index in [9.17, 15) is 4.79 Å². The van der Waals surface area contributed by atoms with Gasteiger partial charge in [0.1, 0.15) is 0 Å². The van der Waals surface area contributed by atoms with Crippen molar-refractivity contribution in [2.24, 2.45) is 5.73 Å². The third-order valence-corrected chi connectivity index (χ3v) is 2.89. The van der Waals surface area contributed by atoms with Gasteiger partial charge in [-0.3, -0.25) is 4.79 Å². The van der Waals surface area contributed by atoms with E-state index in [1.807, 2.05) is 25.1 Å². The van der Waals surface area contributed by atoms with Crippen molar-refractivity contribution in [1.29, 1.82) is 0 Å². The molecule has 3 nitrogen and oxygen atoms in total. The molecule has 1 amide bonds. The number of halogens is 1. The molecule has 3 N–H and O–H groups in total.